The molecule has 3 heterocycles. The molecule has 0 saturated heterocycles. The molecule has 0 radical (unpaired) electrons. The summed E-state index contributed by atoms with van der Waals surface area (Å²) < 4.78 is 5.31. The van der Waals surface area contributed by atoms with Crippen molar-refractivity contribution in [1.29, 1.82) is 0 Å². The summed E-state index contributed by atoms with van der Waals surface area (Å²) in [6, 6.07) is 17.1. The van der Waals surface area contributed by atoms with Crippen LogP contribution in [0.15, 0.2) is 88.4 Å². The molecule has 0 saturated carbocycles. The maximum atomic E-state index is 12.9. The lowest BCUT2D eigenvalue weighted by atomic mass is 10.1. The van der Waals surface area contributed by atoms with Crippen LogP contribution in [0.5, 0.6) is 0 Å². The maximum Gasteiger partial charge on any atom is 0.278 e. The summed E-state index contributed by atoms with van der Waals surface area (Å²) in [5.41, 5.74) is 2.25. The van der Waals surface area contributed by atoms with E-state index in [4.69, 9.17) is 4.42 Å². The highest BCUT2D eigenvalue weighted by Gasteiger charge is 2.31. The first kappa shape index (κ1) is 15.1. The number of furan rings is 1. The molecule has 0 fully saturated rings. The van der Waals surface area contributed by atoms with Gasteiger partial charge in [-0.05, 0) is 29.8 Å². The van der Waals surface area contributed by atoms with E-state index in [2.05, 4.69) is 9.98 Å². The lowest BCUT2D eigenvalue weighted by Gasteiger charge is -2.18. The molecular formula is C20H15N3O2. The molecule has 0 bridgehead atoms. The number of aromatic nitrogens is 1. The lowest BCUT2D eigenvalue weighted by molar-refractivity contribution is -0.123. The highest BCUT2D eigenvalue weighted by Crippen LogP contribution is 2.24. The van der Waals surface area contributed by atoms with Crippen LogP contribution in [0, 0.1) is 0 Å². The average molecular weight is 329 g/mol. The molecule has 0 spiro atoms. The largest absolute Gasteiger partial charge is 0.465 e. The minimum Gasteiger partial charge on any atom is -0.465 e. The smallest absolute Gasteiger partial charge is 0.278 e. The minimum absolute atomic E-state index is 0.146. The molecule has 2 aromatic heterocycles. The summed E-state index contributed by atoms with van der Waals surface area (Å²) in [6.07, 6.45) is 6.67. The molecular weight excluding hydrogens is 314 g/mol. The third-order valence-corrected chi connectivity index (χ3v) is 3.89. The van der Waals surface area contributed by atoms with Crippen LogP contribution in [0.3, 0.4) is 0 Å². The summed E-state index contributed by atoms with van der Waals surface area (Å²) in [4.78, 5) is 23.2. The highest BCUT2D eigenvalue weighted by molar-refractivity contribution is 6.19. The van der Waals surface area contributed by atoms with Gasteiger partial charge in [0.25, 0.3) is 5.91 Å². The Morgan fingerprint density at radius 2 is 1.80 bits per heavy atom. The summed E-state index contributed by atoms with van der Waals surface area (Å²) in [7, 11) is 0. The van der Waals surface area contributed by atoms with E-state index in [0.717, 1.165) is 11.1 Å². The van der Waals surface area contributed by atoms with E-state index in [-0.39, 0.29) is 5.91 Å². The van der Waals surface area contributed by atoms with Crippen LogP contribution in [-0.4, -0.2) is 21.6 Å². The van der Waals surface area contributed by atoms with Crippen LogP contribution < -0.4 is 0 Å². The normalized spacial score (nSPS) is 15.7. The summed E-state index contributed by atoms with van der Waals surface area (Å²) in [5, 5.41) is 0. The zero-order valence-electron chi connectivity index (χ0n) is 13.4. The van der Waals surface area contributed by atoms with Crippen LogP contribution in [0.4, 0.5) is 0 Å². The Morgan fingerprint density at radius 3 is 2.52 bits per heavy atom. The third kappa shape index (κ3) is 3.12. The first-order valence-electron chi connectivity index (χ1n) is 7.91. The zero-order chi connectivity index (χ0) is 17.1. The quantitative estimate of drug-likeness (QED) is 0.688. The van der Waals surface area contributed by atoms with Gasteiger partial charge in [0.15, 0.2) is 0 Å². The van der Waals surface area contributed by atoms with Crippen molar-refractivity contribution in [3.63, 3.8) is 0 Å². The van der Waals surface area contributed by atoms with E-state index in [0.29, 0.717) is 23.8 Å². The van der Waals surface area contributed by atoms with Crippen molar-refractivity contribution >= 4 is 17.8 Å². The van der Waals surface area contributed by atoms with E-state index < -0.39 is 0 Å². The zero-order valence-corrected chi connectivity index (χ0v) is 13.4. The first-order chi connectivity index (χ1) is 12.3. The molecule has 0 atom stereocenters. The van der Waals surface area contributed by atoms with Gasteiger partial charge in [0, 0.05) is 24.0 Å². The van der Waals surface area contributed by atoms with Crippen molar-refractivity contribution in [2.24, 2.45) is 4.99 Å². The summed E-state index contributed by atoms with van der Waals surface area (Å²) in [6.45, 7) is 0.435. The van der Waals surface area contributed by atoms with Gasteiger partial charge in [0.2, 0.25) is 0 Å². The Kier molecular flexibility index (Phi) is 3.96. The Bertz CT molecular complexity index is 930. The fourth-order valence-electron chi connectivity index (χ4n) is 2.68. The van der Waals surface area contributed by atoms with E-state index in [9.17, 15) is 4.79 Å². The van der Waals surface area contributed by atoms with Crippen LogP contribution in [0.1, 0.15) is 16.9 Å². The molecule has 5 nitrogen and oxygen atoms in total. The Morgan fingerprint density at radius 1 is 1.00 bits per heavy atom. The predicted octanol–water partition coefficient (Wildman–Crippen LogP) is 3.50. The van der Waals surface area contributed by atoms with Crippen molar-refractivity contribution < 1.29 is 9.21 Å². The van der Waals surface area contributed by atoms with Crippen LogP contribution in [0.2, 0.25) is 0 Å². The lowest BCUT2D eigenvalue weighted by Crippen LogP contribution is -2.32. The number of nitrogens with zero attached hydrogens (tertiary/aromatic N) is 3. The fraction of sp³-hybridized carbons (Fsp3) is 0.0500. The van der Waals surface area contributed by atoms with Gasteiger partial charge in [0.1, 0.15) is 17.3 Å². The molecule has 0 aliphatic carbocycles. The molecule has 1 aromatic carbocycles. The number of rotatable bonds is 4. The van der Waals surface area contributed by atoms with Crippen LogP contribution >= 0.6 is 0 Å². The topological polar surface area (TPSA) is 58.7 Å². The standard InChI is InChI=1S/C20H15N3O2/c24-20-18(13-17-7-4-12-25-17)22-19(16-5-2-1-3-6-16)23(20)14-15-8-10-21-11-9-15/h1-13H,14H2/b18-13+. The molecule has 1 aliphatic rings. The number of amides is 1. The predicted molar refractivity (Wildman–Crippen MR) is 94.5 cm³/mol. The molecule has 4 rings (SSSR count). The molecule has 25 heavy (non-hydrogen) atoms. The third-order valence-electron chi connectivity index (χ3n) is 3.89. The van der Waals surface area contributed by atoms with E-state index in [1.807, 2.05) is 42.5 Å². The number of pyridine rings is 1. The second-order valence-corrected chi connectivity index (χ2v) is 5.59. The van der Waals surface area contributed by atoms with Gasteiger partial charge >= 0.3 is 0 Å². The van der Waals surface area contributed by atoms with Crippen molar-refractivity contribution in [1.82, 2.24) is 9.88 Å². The molecule has 3 aromatic rings. The fourth-order valence-corrected chi connectivity index (χ4v) is 2.68. The maximum absolute atomic E-state index is 12.9. The van der Waals surface area contributed by atoms with Gasteiger partial charge in [-0.25, -0.2) is 4.99 Å². The van der Waals surface area contributed by atoms with Crippen molar-refractivity contribution in [3.05, 3.63) is 95.8 Å². The van der Waals surface area contributed by atoms with Crippen molar-refractivity contribution in [3.8, 4) is 0 Å². The number of hydrogen-bond donors (Lipinski definition) is 0. The van der Waals surface area contributed by atoms with E-state index in [1.165, 1.54) is 0 Å². The molecule has 5 heteroatoms. The summed E-state index contributed by atoms with van der Waals surface area (Å²) in [5.74, 6) is 1.09. The van der Waals surface area contributed by atoms with Crippen molar-refractivity contribution in [2.45, 2.75) is 6.54 Å². The SMILES string of the molecule is O=C1/C(=C\c2ccco2)N=C(c2ccccc2)N1Cc1ccncc1. The summed E-state index contributed by atoms with van der Waals surface area (Å²) >= 11 is 0. The molecule has 0 N–H and O–H groups in total. The van der Waals surface area contributed by atoms with Gasteiger partial charge in [-0.2, -0.15) is 0 Å². The van der Waals surface area contributed by atoms with Crippen LogP contribution in [0.25, 0.3) is 6.08 Å². The Hall–Kier alpha value is -3.47. The average Bonchev–Trinajstić information content (AvgIpc) is 3.27. The monoisotopic (exact) mass is 329 g/mol. The molecule has 1 amide bonds. The van der Waals surface area contributed by atoms with E-state index in [1.54, 1.807) is 41.8 Å². The number of carbonyl (C=O) groups is 1. The second-order valence-electron chi connectivity index (χ2n) is 5.59. The second kappa shape index (κ2) is 6.57. The first-order valence-corrected chi connectivity index (χ1v) is 7.91. The number of aliphatic imine (C=N–C) groups is 1. The number of carbonyl (C=O) groups excluding carboxylic acids is 1. The van der Waals surface area contributed by atoms with Gasteiger partial charge < -0.3 is 4.42 Å². The van der Waals surface area contributed by atoms with Crippen molar-refractivity contribution in [2.75, 3.05) is 0 Å². The number of hydrogen-bond acceptors (Lipinski definition) is 4. The number of benzene rings is 1. The minimum atomic E-state index is -0.146. The van der Waals surface area contributed by atoms with Gasteiger partial charge in [-0.3, -0.25) is 14.7 Å². The molecule has 1 aliphatic heterocycles. The van der Waals surface area contributed by atoms with Gasteiger partial charge in [-0.1, -0.05) is 30.3 Å². The molecule has 122 valence electrons. The van der Waals surface area contributed by atoms with Gasteiger partial charge in [-0.15, -0.1) is 0 Å². The van der Waals surface area contributed by atoms with E-state index >= 15 is 0 Å². The Labute approximate surface area is 145 Å². The van der Waals surface area contributed by atoms with Gasteiger partial charge in [0.05, 0.1) is 12.8 Å². The van der Waals surface area contributed by atoms with Crippen LogP contribution in [-0.2, 0) is 11.3 Å². The molecule has 0 unspecified atom stereocenters. The highest BCUT2D eigenvalue weighted by atomic mass is 16.3. The Balaban J connectivity index is 1.73. The number of amidine groups is 1.